The number of hydrogen-bond donors (Lipinski definition) is 0. The van der Waals surface area contributed by atoms with Crippen LogP contribution in [0.2, 0.25) is 0 Å². The van der Waals surface area contributed by atoms with E-state index in [0.717, 1.165) is 0 Å². The maximum Gasteiger partial charge on any atom is 0.0159 e. The summed E-state index contributed by atoms with van der Waals surface area (Å²) in [6.07, 6.45) is 0. The molecule has 0 saturated carbocycles. The second kappa shape index (κ2) is 10.3. The Morgan fingerprint density at radius 1 is 0.283 bits per heavy atom. The third kappa shape index (κ3) is 3.85. The smallest absolute Gasteiger partial charge is 0.0159 e. The summed E-state index contributed by atoms with van der Waals surface area (Å²) in [7, 11) is 0. The third-order valence-corrected chi connectivity index (χ3v) is 12.6. The zero-order valence-corrected chi connectivity index (χ0v) is 29.7. The Labute approximate surface area is 308 Å². The number of benzene rings is 10. The lowest BCUT2D eigenvalue weighted by Gasteiger charge is -2.23. The van der Waals surface area contributed by atoms with Crippen LogP contribution in [0.15, 0.2) is 170 Å². The lowest BCUT2D eigenvalue weighted by molar-refractivity contribution is 0.661. The molecule has 246 valence electrons. The van der Waals surface area contributed by atoms with Crippen molar-refractivity contribution >= 4 is 53.9 Å². The highest BCUT2D eigenvalue weighted by atomic mass is 14.4. The molecule has 0 heterocycles. The normalized spacial score (nSPS) is 13.6. The Bertz CT molecular complexity index is 3250. The Balaban J connectivity index is 1.03. The van der Waals surface area contributed by atoms with Crippen LogP contribution in [-0.2, 0) is 5.41 Å². The first-order valence-corrected chi connectivity index (χ1v) is 18.8. The molecule has 0 atom stereocenters. The summed E-state index contributed by atoms with van der Waals surface area (Å²) < 4.78 is 0. The number of fused-ring (bicyclic) bond motifs is 13. The van der Waals surface area contributed by atoms with Gasteiger partial charge in [0.2, 0.25) is 0 Å². The predicted octanol–water partition coefficient (Wildman–Crippen LogP) is 14.7. The number of rotatable bonds is 2. The highest BCUT2D eigenvalue weighted by Crippen LogP contribution is 2.54. The molecule has 10 aromatic carbocycles. The molecule has 0 fully saturated rings. The van der Waals surface area contributed by atoms with E-state index >= 15 is 0 Å². The van der Waals surface area contributed by atoms with Crippen molar-refractivity contribution < 1.29 is 0 Å². The van der Waals surface area contributed by atoms with Crippen molar-refractivity contribution in [2.45, 2.75) is 19.3 Å². The van der Waals surface area contributed by atoms with Crippen molar-refractivity contribution in [3.05, 3.63) is 181 Å². The van der Waals surface area contributed by atoms with Crippen LogP contribution in [0.3, 0.4) is 0 Å². The van der Waals surface area contributed by atoms with Gasteiger partial charge in [-0.2, -0.15) is 0 Å². The summed E-state index contributed by atoms with van der Waals surface area (Å²) in [6.45, 7) is 4.82. The lowest BCUT2D eigenvalue weighted by atomic mass is 9.80. The van der Waals surface area contributed by atoms with Crippen LogP contribution in [0.1, 0.15) is 25.0 Å². The van der Waals surface area contributed by atoms with Gasteiger partial charge < -0.3 is 0 Å². The summed E-state index contributed by atoms with van der Waals surface area (Å²) in [6, 6.07) is 64.1. The third-order valence-electron chi connectivity index (χ3n) is 12.6. The molecule has 0 N–H and O–H groups in total. The minimum Gasteiger partial charge on any atom is -0.0616 e. The zero-order chi connectivity index (χ0) is 35.0. The first-order chi connectivity index (χ1) is 26.0. The van der Waals surface area contributed by atoms with Crippen LogP contribution >= 0.6 is 0 Å². The van der Waals surface area contributed by atoms with Gasteiger partial charge in [0.1, 0.15) is 0 Å². The average molecular weight is 671 g/mol. The van der Waals surface area contributed by atoms with Crippen molar-refractivity contribution in [2.75, 3.05) is 0 Å². The van der Waals surface area contributed by atoms with E-state index < -0.39 is 0 Å². The zero-order valence-electron chi connectivity index (χ0n) is 29.7. The summed E-state index contributed by atoms with van der Waals surface area (Å²) in [5, 5.41) is 13.2. The molecule has 0 saturated heterocycles. The molecule has 0 radical (unpaired) electrons. The van der Waals surface area contributed by atoms with Gasteiger partial charge in [0.05, 0.1) is 0 Å². The van der Waals surface area contributed by atoms with Crippen molar-refractivity contribution in [1.29, 1.82) is 0 Å². The highest BCUT2D eigenvalue weighted by molar-refractivity contribution is 6.27. The van der Waals surface area contributed by atoms with Crippen LogP contribution in [0, 0.1) is 0 Å². The molecule has 0 spiro atoms. The maximum absolute atomic E-state index is 2.49. The molecule has 0 unspecified atom stereocenters. The Hall–Kier alpha value is -6.50. The summed E-state index contributed by atoms with van der Waals surface area (Å²) in [4.78, 5) is 0. The van der Waals surface area contributed by atoms with Crippen LogP contribution in [0.5, 0.6) is 0 Å². The van der Waals surface area contributed by atoms with Gasteiger partial charge in [-0.15, -0.1) is 0 Å². The van der Waals surface area contributed by atoms with Crippen molar-refractivity contribution in [3.8, 4) is 55.6 Å². The fourth-order valence-electron chi connectivity index (χ4n) is 10.1. The van der Waals surface area contributed by atoms with E-state index in [9.17, 15) is 0 Å². The molecule has 0 amide bonds. The Kier molecular flexibility index (Phi) is 5.66. The van der Waals surface area contributed by atoms with E-state index in [-0.39, 0.29) is 5.41 Å². The van der Waals surface area contributed by atoms with Gasteiger partial charge >= 0.3 is 0 Å². The summed E-state index contributed by atoms with van der Waals surface area (Å²) >= 11 is 0. The fourth-order valence-corrected chi connectivity index (χ4v) is 10.1. The van der Waals surface area contributed by atoms with Crippen LogP contribution < -0.4 is 0 Å². The molecule has 53 heavy (non-hydrogen) atoms. The summed E-state index contributed by atoms with van der Waals surface area (Å²) in [5.41, 5.74) is 15.8. The lowest BCUT2D eigenvalue weighted by Crippen LogP contribution is -2.15. The average Bonchev–Trinajstić information content (AvgIpc) is 3.65. The van der Waals surface area contributed by atoms with E-state index in [0.29, 0.717) is 0 Å². The van der Waals surface area contributed by atoms with E-state index in [2.05, 4.69) is 184 Å². The minimum absolute atomic E-state index is 0.160. The van der Waals surface area contributed by atoms with Crippen molar-refractivity contribution in [3.63, 3.8) is 0 Å². The van der Waals surface area contributed by atoms with Gasteiger partial charge in [0.15, 0.2) is 0 Å². The van der Waals surface area contributed by atoms with Crippen LogP contribution in [0.4, 0.5) is 0 Å². The molecule has 0 bridgehead atoms. The van der Waals surface area contributed by atoms with Gasteiger partial charge in [-0.1, -0.05) is 159 Å². The first-order valence-electron chi connectivity index (χ1n) is 18.8. The Morgan fingerprint density at radius 2 is 0.792 bits per heavy atom. The van der Waals surface area contributed by atoms with Gasteiger partial charge in [-0.25, -0.2) is 0 Å². The second-order valence-corrected chi connectivity index (χ2v) is 15.6. The molecular formula is C53H34. The van der Waals surface area contributed by atoms with Crippen LogP contribution in [0.25, 0.3) is 109 Å². The molecule has 2 aliphatic carbocycles. The molecule has 0 aliphatic heterocycles. The quantitative estimate of drug-likeness (QED) is 0.161. The van der Waals surface area contributed by atoms with Gasteiger partial charge in [-0.05, 0) is 145 Å². The minimum atomic E-state index is -0.160. The highest BCUT2D eigenvalue weighted by Gasteiger charge is 2.36. The Morgan fingerprint density at radius 3 is 1.53 bits per heavy atom. The molecule has 0 aromatic heterocycles. The standard InChI is InChI=1S/C53H34/c1-53(2)48-29-33(38-25-26-45-39-15-7-8-16-40(39)47-27-32-12-4-6-14-37(32)51(38)52(45)47)21-23-42(48)43-24-22-34(30-49(43)53)46-28-35-20-19-31-11-3-5-13-36(31)50(35)44-18-10-9-17-41(44)46/h3-30H,1-2H3. The summed E-state index contributed by atoms with van der Waals surface area (Å²) in [5.74, 6) is 0. The van der Waals surface area contributed by atoms with E-state index in [1.807, 2.05) is 0 Å². The molecule has 0 nitrogen and oxygen atoms in total. The fraction of sp³-hybridized carbons (Fsp3) is 0.0566. The van der Waals surface area contributed by atoms with E-state index in [1.54, 1.807) is 0 Å². The van der Waals surface area contributed by atoms with Crippen molar-refractivity contribution in [2.24, 2.45) is 0 Å². The van der Waals surface area contributed by atoms with Gasteiger partial charge in [0.25, 0.3) is 0 Å². The molecule has 2 aliphatic rings. The van der Waals surface area contributed by atoms with Gasteiger partial charge in [0, 0.05) is 5.41 Å². The van der Waals surface area contributed by atoms with Crippen molar-refractivity contribution in [1.82, 2.24) is 0 Å². The SMILES string of the molecule is CC1(C)c2cc(-c3cc4ccc5ccccc5c4c4ccccc34)ccc2-c2ccc(-c3ccc4c5c(cc6ccccc6c35)-c3ccccc3-4)cc21. The number of hydrogen-bond acceptors (Lipinski definition) is 0. The van der Waals surface area contributed by atoms with Crippen LogP contribution in [-0.4, -0.2) is 0 Å². The van der Waals surface area contributed by atoms with E-state index in [1.165, 1.54) is 121 Å². The molecular weight excluding hydrogens is 637 g/mol. The monoisotopic (exact) mass is 670 g/mol. The topological polar surface area (TPSA) is 0 Å². The molecule has 12 rings (SSSR count). The second-order valence-electron chi connectivity index (χ2n) is 15.6. The van der Waals surface area contributed by atoms with Gasteiger partial charge in [-0.3, -0.25) is 0 Å². The maximum atomic E-state index is 2.49. The first kappa shape index (κ1) is 29.1. The molecule has 0 heteroatoms. The molecule has 10 aromatic rings. The van der Waals surface area contributed by atoms with E-state index in [4.69, 9.17) is 0 Å². The largest absolute Gasteiger partial charge is 0.0616 e. The predicted molar refractivity (Wildman–Crippen MR) is 227 cm³/mol.